The van der Waals surface area contributed by atoms with E-state index in [2.05, 4.69) is 18.8 Å². The Balaban J connectivity index is 0. The van der Waals surface area contributed by atoms with Crippen LogP contribution >= 0.6 is 11.9 Å². The molecule has 0 saturated heterocycles. The molecule has 0 aromatic carbocycles. The van der Waals surface area contributed by atoms with Crippen LogP contribution in [0.25, 0.3) is 0 Å². The van der Waals surface area contributed by atoms with Crippen molar-refractivity contribution in [2.75, 3.05) is 13.2 Å². The van der Waals surface area contributed by atoms with Crippen LogP contribution in [-0.2, 0) is 28.4 Å². The average Bonchev–Trinajstić information content (AvgIpc) is 1.88. The Morgan fingerprint density at radius 1 is 1.38 bits per heavy atom. The van der Waals surface area contributed by atoms with Crippen molar-refractivity contribution in [2.24, 2.45) is 0 Å². The van der Waals surface area contributed by atoms with Crippen LogP contribution in [0.2, 0.25) is 0 Å². The van der Waals surface area contributed by atoms with Crippen molar-refractivity contribution < 1.29 is 28.4 Å². The van der Waals surface area contributed by atoms with E-state index in [9.17, 15) is 0 Å². The van der Waals surface area contributed by atoms with E-state index in [1.54, 1.807) is 0 Å². The minimum atomic E-state index is 0.840. The monoisotopic (exact) mass is 369 g/mol. The van der Waals surface area contributed by atoms with Crippen LogP contribution in [0.4, 0.5) is 0 Å². The van der Waals surface area contributed by atoms with E-state index in [1.807, 2.05) is 6.92 Å². The fourth-order valence-electron chi connectivity index (χ4n) is 0.289. The maximum absolute atomic E-state index is 4.98. The molecule has 0 aliphatic carbocycles. The summed E-state index contributed by atoms with van der Waals surface area (Å²) < 4.78 is 4.98. The van der Waals surface area contributed by atoms with Gasteiger partial charge in [0.2, 0.25) is 0 Å². The van der Waals surface area contributed by atoms with Gasteiger partial charge in [0.25, 0.3) is 0 Å². The van der Waals surface area contributed by atoms with Crippen molar-refractivity contribution in [3.63, 3.8) is 0 Å². The summed E-state index contributed by atoms with van der Waals surface area (Å²) in [6, 6.07) is 0. The zero-order valence-electron chi connectivity index (χ0n) is 5.61. The minimum absolute atomic E-state index is 0.840. The van der Waals surface area contributed by atoms with Gasteiger partial charge in [-0.15, -0.1) is 0 Å². The van der Waals surface area contributed by atoms with E-state index in [4.69, 9.17) is 4.74 Å². The number of hydrogen-bond donors (Lipinski definition) is 0. The second-order valence-corrected chi connectivity index (χ2v) is 1.20. The third kappa shape index (κ3) is 15.7. The van der Waals surface area contributed by atoms with E-state index in [0.717, 1.165) is 43.3 Å². The van der Waals surface area contributed by atoms with Gasteiger partial charge in [-0.2, -0.15) is 0 Å². The SMILES string of the molecule is CCCOCC.[Br][Hg]. The number of ether oxygens (including phenoxy) is 1. The molecule has 1 nitrogen and oxygen atoms in total. The number of rotatable bonds is 3. The molecule has 0 bridgehead atoms. The van der Waals surface area contributed by atoms with Gasteiger partial charge in [0.05, 0.1) is 0 Å². The third-order valence-electron chi connectivity index (χ3n) is 0.553. The van der Waals surface area contributed by atoms with E-state index < -0.39 is 0 Å². The molecule has 0 fully saturated rings. The summed E-state index contributed by atoms with van der Waals surface area (Å²) in [6.45, 7) is 5.88. The van der Waals surface area contributed by atoms with Gasteiger partial charge in [-0.05, 0) is 13.3 Å². The molecule has 0 heterocycles. The molecule has 3 heteroatoms. The van der Waals surface area contributed by atoms with Crippen molar-refractivity contribution in [1.82, 2.24) is 0 Å². The maximum atomic E-state index is 4.98. The normalized spacial score (nSPS) is 7.62. The summed E-state index contributed by atoms with van der Waals surface area (Å²) in [7, 11) is 0. The summed E-state index contributed by atoms with van der Waals surface area (Å²) in [6.07, 6.45) is 1.13. The fraction of sp³-hybridized carbons (Fsp3) is 1.00. The van der Waals surface area contributed by atoms with Crippen LogP contribution in [0.3, 0.4) is 0 Å². The number of halogens is 1. The Bertz CT molecular complexity index is 24.4. The van der Waals surface area contributed by atoms with Gasteiger partial charge in [-0.1, -0.05) is 6.92 Å². The van der Waals surface area contributed by atoms with E-state index >= 15 is 0 Å². The molecule has 0 aromatic rings. The Kier molecular flexibility index (Phi) is 23.8. The first-order valence-electron chi connectivity index (χ1n) is 2.76. The first-order valence-corrected chi connectivity index (χ1v) is 14.7. The summed E-state index contributed by atoms with van der Waals surface area (Å²) in [5, 5.41) is 0. The Morgan fingerprint density at radius 2 is 1.88 bits per heavy atom. The van der Waals surface area contributed by atoms with E-state index in [1.165, 1.54) is 0 Å². The molecular weight excluding hydrogens is 357 g/mol. The fourth-order valence-corrected chi connectivity index (χ4v) is 0.289. The predicted molar refractivity (Wildman–Crippen MR) is 35.7 cm³/mol. The topological polar surface area (TPSA) is 9.23 Å². The molecule has 0 amide bonds. The summed E-state index contributed by atoms with van der Waals surface area (Å²) >= 11 is 3.97. The standard InChI is InChI=1S/C5H12O.BrH.Hg/c1-3-5-6-4-2;;/h3-5H2,1-2H3;1H;/q;;+1/p-1. The van der Waals surface area contributed by atoms with Gasteiger partial charge in [-0.25, -0.2) is 0 Å². The van der Waals surface area contributed by atoms with Crippen molar-refractivity contribution in [3.05, 3.63) is 0 Å². The predicted octanol–water partition coefficient (Wildman–Crippen LogP) is 2.28. The summed E-state index contributed by atoms with van der Waals surface area (Å²) in [4.78, 5) is 0. The van der Waals surface area contributed by atoms with Gasteiger partial charge >= 0.3 is 35.6 Å². The third-order valence-corrected chi connectivity index (χ3v) is 0.553. The van der Waals surface area contributed by atoms with Gasteiger partial charge in [0, 0.05) is 13.2 Å². The van der Waals surface area contributed by atoms with E-state index in [-0.39, 0.29) is 0 Å². The molecule has 0 aliphatic heterocycles. The van der Waals surface area contributed by atoms with Gasteiger partial charge in [-0.3, -0.25) is 0 Å². The molecule has 0 aromatic heterocycles. The number of hydrogen-bond acceptors (Lipinski definition) is 1. The van der Waals surface area contributed by atoms with Crippen molar-refractivity contribution in [3.8, 4) is 0 Å². The van der Waals surface area contributed by atoms with Crippen LogP contribution < -0.4 is 0 Å². The van der Waals surface area contributed by atoms with Crippen LogP contribution in [-0.4, -0.2) is 13.2 Å². The Hall–Kier alpha value is 1.38. The zero-order valence-corrected chi connectivity index (χ0v) is 12.7. The summed E-state index contributed by atoms with van der Waals surface area (Å²) in [5.41, 5.74) is 0. The second kappa shape index (κ2) is 15.8. The second-order valence-electron chi connectivity index (χ2n) is 1.20. The van der Waals surface area contributed by atoms with Crippen LogP contribution in [0, 0.1) is 0 Å². The molecule has 0 unspecified atom stereocenters. The van der Waals surface area contributed by atoms with Crippen LogP contribution in [0.1, 0.15) is 20.3 Å². The average molecular weight is 369 g/mol. The van der Waals surface area contributed by atoms with Crippen LogP contribution in [0.5, 0.6) is 0 Å². The molecular formula is C5H12BrHgO. The summed E-state index contributed by atoms with van der Waals surface area (Å²) in [5.74, 6) is 0. The molecule has 0 rings (SSSR count). The molecule has 0 N–H and O–H groups in total. The molecule has 0 spiro atoms. The Labute approximate surface area is 73.4 Å². The molecule has 8 heavy (non-hydrogen) atoms. The van der Waals surface area contributed by atoms with Gasteiger partial charge in [0.15, 0.2) is 0 Å². The van der Waals surface area contributed by atoms with Crippen molar-refractivity contribution >= 4 is 11.9 Å². The molecule has 47 valence electrons. The van der Waals surface area contributed by atoms with E-state index in [0.29, 0.717) is 0 Å². The molecule has 0 atom stereocenters. The van der Waals surface area contributed by atoms with Crippen molar-refractivity contribution in [1.29, 1.82) is 0 Å². The first kappa shape index (κ1) is 12.1. The quantitative estimate of drug-likeness (QED) is 0.548. The molecule has 0 saturated carbocycles. The first-order chi connectivity index (χ1) is 3.91. The molecule has 0 radical (unpaired) electrons. The molecule has 0 aliphatic rings. The van der Waals surface area contributed by atoms with Crippen molar-refractivity contribution in [2.45, 2.75) is 20.3 Å². The van der Waals surface area contributed by atoms with Crippen LogP contribution in [0.15, 0.2) is 0 Å². The van der Waals surface area contributed by atoms with Gasteiger partial charge in [0.1, 0.15) is 0 Å². The zero-order chi connectivity index (χ0) is 6.83. The van der Waals surface area contributed by atoms with Gasteiger partial charge < -0.3 is 4.74 Å². The Morgan fingerprint density at radius 3 is 2.00 bits per heavy atom.